The van der Waals surface area contributed by atoms with E-state index >= 15 is 0 Å². The topological polar surface area (TPSA) is 12.0 Å². The normalized spacial score (nSPS) is 28.1. The van der Waals surface area contributed by atoms with Crippen molar-refractivity contribution in [3.05, 3.63) is 0 Å². The molecule has 0 aromatic carbocycles. The zero-order valence-electron chi connectivity index (χ0n) is 15.0. The van der Waals surface area contributed by atoms with Crippen molar-refractivity contribution in [3.8, 4) is 0 Å². The molecule has 0 amide bonds. The highest BCUT2D eigenvalue weighted by Crippen LogP contribution is 2.42. The highest BCUT2D eigenvalue weighted by atomic mass is 14.9. The Morgan fingerprint density at radius 3 is 2.20 bits per heavy atom. The van der Waals surface area contributed by atoms with Crippen LogP contribution in [0.5, 0.6) is 0 Å². The van der Waals surface area contributed by atoms with Gasteiger partial charge in [0.15, 0.2) is 0 Å². The Morgan fingerprint density at radius 2 is 1.70 bits per heavy atom. The molecule has 1 saturated carbocycles. The van der Waals surface area contributed by atoms with Crippen LogP contribution < -0.4 is 5.32 Å². The van der Waals surface area contributed by atoms with E-state index in [1.165, 1.54) is 51.5 Å². The molecule has 0 bridgehead atoms. The fraction of sp³-hybridized carbons (Fsp3) is 1.00. The summed E-state index contributed by atoms with van der Waals surface area (Å²) in [6, 6.07) is 0.786. The van der Waals surface area contributed by atoms with E-state index in [4.69, 9.17) is 0 Å². The van der Waals surface area contributed by atoms with Crippen molar-refractivity contribution in [1.29, 1.82) is 0 Å². The van der Waals surface area contributed by atoms with Gasteiger partial charge in [0, 0.05) is 6.04 Å². The van der Waals surface area contributed by atoms with Crippen molar-refractivity contribution >= 4 is 0 Å². The van der Waals surface area contributed by atoms with Gasteiger partial charge in [0.05, 0.1) is 0 Å². The molecule has 1 N–H and O–H groups in total. The number of hydrogen-bond acceptors (Lipinski definition) is 1. The first-order valence-corrected chi connectivity index (χ1v) is 9.15. The fourth-order valence-corrected chi connectivity index (χ4v) is 3.96. The summed E-state index contributed by atoms with van der Waals surface area (Å²) in [4.78, 5) is 0. The van der Waals surface area contributed by atoms with E-state index in [1.807, 2.05) is 0 Å². The van der Waals surface area contributed by atoms with Crippen LogP contribution in [0.1, 0.15) is 86.5 Å². The van der Waals surface area contributed by atoms with Gasteiger partial charge in [-0.2, -0.15) is 0 Å². The minimum Gasteiger partial charge on any atom is -0.314 e. The van der Waals surface area contributed by atoms with E-state index in [1.54, 1.807) is 0 Å². The van der Waals surface area contributed by atoms with Crippen molar-refractivity contribution in [2.45, 2.75) is 92.5 Å². The van der Waals surface area contributed by atoms with Gasteiger partial charge in [-0.3, -0.25) is 0 Å². The molecule has 3 atom stereocenters. The van der Waals surface area contributed by atoms with Crippen molar-refractivity contribution in [3.63, 3.8) is 0 Å². The largest absolute Gasteiger partial charge is 0.314 e. The van der Waals surface area contributed by atoms with E-state index in [2.05, 4.69) is 46.9 Å². The second-order valence-electron chi connectivity index (χ2n) is 8.11. The van der Waals surface area contributed by atoms with Gasteiger partial charge in [-0.25, -0.2) is 0 Å². The van der Waals surface area contributed by atoms with Crippen LogP contribution in [0.3, 0.4) is 0 Å². The molecule has 1 heteroatoms. The minimum absolute atomic E-state index is 0.488. The van der Waals surface area contributed by atoms with Crippen molar-refractivity contribution in [2.24, 2.45) is 23.2 Å². The Hall–Kier alpha value is -0.0400. The van der Waals surface area contributed by atoms with Crippen molar-refractivity contribution < 1.29 is 0 Å². The maximum Gasteiger partial charge on any atom is 0.00956 e. The average Bonchev–Trinajstić information content (AvgIpc) is 2.41. The Bertz CT molecular complexity index is 249. The molecule has 0 aliphatic heterocycles. The summed E-state index contributed by atoms with van der Waals surface area (Å²) in [5, 5.41) is 3.85. The van der Waals surface area contributed by atoms with E-state index in [0.29, 0.717) is 5.41 Å². The number of hydrogen-bond donors (Lipinski definition) is 1. The van der Waals surface area contributed by atoms with Crippen LogP contribution in [0, 0.1) is 23.2 Å². The molecule has 20 heavy (non-hydrogen) atoms. The molecule has 0 saturated heterocycles. The van der Waals surface area contributed by atoms with Gasteiger partial charge in [-0.05, 0) is 61.8 Å². The molecule has 3 unspecified atom stereocenters. The van der Waals surface area contributed by atoms with Gasteiger partial charge >= 0.3 is 0 Å². The van der Waals surface area contributed by atoms with E-state index in [-0.39, 0.29) is 0 Å². The monoisotopic (exact) mass is 281 g/mol. The maximum atomic E-state index is 3.85. The smallest absolute Gasteiger partial charge is 0.00956 e. The highest BCUT2D eigenvalue weighted by Gasteiger charge is 2.36. The second kappa shape index (κ2) is 8.41. The lowest BCUT2D eigenvalue weighted by atomic mass is 9.65. The van der Waals surface area contributed by atoms with Crippen molar-refractivity contribution in [2.75, 3.05) is 6.54 Å². The molecular formula is C19H39N. The molecule has 1 aliphatic carbocycles. The second-order valence-corrected chi connectivity index (χ2v) is 8.11. The molecule has 0 aromatic rings. The summed E-state index contributed by atoms with van der Waals surface area (Å²) in [6.07, 6.45) is 9.68. The maximum absolute atomic E-state index is 3.85. The van der Waals surface area contributed by atoms with Crippen LogP contribution in [0.15, 0.2) is 0 Å². The van der Waals surface area contributed by atoms with E-state index in [9.17, 15) is 0 Å². The molecule has 1 rings (SSSR count). The Balaban J connectivity index is 2.67. The van der Waals surface area contributed by atoms with E-state index in [0.717, 1.165) is 23.8 Å². The van der Waals surface area contributed by atoms with Gasteiger partial charge in [0.2, 0.25) is 0 Å². The molecule has 1 aliphatic rings. The Morgan fingerprint density at radius 1 is 1.05 bits per heavy atom. The molecule has 1 fully saturated rings. The summed E-state index contributed by atoms with van der Waals surface area (Å²) in [7, 11) is 0. The summed E-state index contributed by atoms with van der Waals surface area (Å²) in [5.41, 5.74) is 0.488. The van der Waals surface area contributed by atoms with Crippen LogP contribution in [0.2, 0.25) is 0 Å². The summed E-state index contributed by atoms with van der Waals surface area (Å²) in [5.74, 6) is 2.76. The quantitative estimate of drug-likeness (QED) is 0.636. The first-order valence-electron chi connectivity index (χ1n) is 9.15. The zero-order valence-corrected chi connectivity index (χ0v) is 15.0. The van der Waals surface area contributed by atoms with Gasteiger partial charge < -0.3 is 5.32 Å². The minimum atomic E-state index is 0.488. The van der Waals surface area contributed by atoms with Gasteiger partial charge in [0.25, 0.3) is 0 Å². The summed E-state index contributed by atoms with van der Waals surface area (Å²) < 4.78 is 0. The summed E-state index contributed by atoms with van der Waals surface area (Å²) >= 11 is 0. The predicted octanol–water partition coefficient (Wildman–Crippen LogP) is 5.64. The average molecular weight is 282 g/mol. The van der Waals surface area contributed by atoms with Crippen LogP contribution >= 0.6 is 0 Å². The first-order chi connectivity index (χ1) is 9.42. The molecule has 1 nitrogen and oxygen atoms in total. The summed E-state index contributed by atoms with van der Waals surface area (Å²) in [6.45, 7) is 15.5. The fourth-order valence-electron chi connectivity index (χ4n) is 3.96. The van der Waals surface area contributed by atoms with Crippen LogP contribution in [0.25, 0.3) is 0 Å². The lowest BCUT2D eigenvalue weighted by Crippen LogP contribution is -2.43. The molecule has 0 aromatic heterocycles. The third kappa shape index (κ3) is 5.39. The lowest BCUT2D eigenvalue weighted by Gasteiger charge is -2.43. The SMILES string of the molecule is CCCNC1CCC(C(C)(C)C)CC1CC(CC)CC. The van der Waals surface area contributed by atoms with E-state index < -0.39 is 0 Å². The Labute approximate surface area is 128 Å². The molecule has 0 radical (unpaired) electrons. The van der Waals surface area contributed by atoms with Crippen LogP contribution in [-0.2, 0) is 0 Å². The zero-order chi connectivity index (χ0) is 15.2. The number of rotatable bonds is 7. The third-order valence-corrected chi connectivity index (χ3v) is 5.65. The van der Waals surface area contributed by atoms with Crippen molar-refractivity contribution in [1.82, 2.24) is 5.32 Å². The Kier molecular flexibility index (Phi) is 7.58. The molecule has 0 spiro atoms. The standard InChI is InChI=1S/C19H39N/c1-7-12-20-18-11-10-17(19(4,5)6)14-16(18)13-15(8-2)9-3/h15-18,20H,7-14H2,1-6H3. The van der Waals surface area contributed by atoms with Crippen LogP contribution in [-0.4, -0.2) is 12.6 Å². The van der Waals surface area contributed by atoms with Gasteiger partial charge in [-0.1, -0.05) is 54.4 Å². The molecule has 0 heterocycles. The van der Waals surface area contributed by atoms with Crippen LogP contribution in [0.4, 0.5) is 0 Å². The van der Waals surface area contributed by atoms with Gasteiger partial charge in [-0.15, -0.1) is 0 Å². The predicted molar refractivity (Wildman–Crippen MR) is 91.1 cm³/mol. The third-order valence-electron chi connectivity index (χ3n) is 5.65. The molecular weight excluding hydrogens is 242 g/mol. The highest BCUT2D eigenvalue weighted by molar-refractivity contribution is 4.89. The number of nitrogens with one attached hydrogen (secondary N) is 1. The first kappa shape index (κ1) is 18.0. The lowest BCUT2D eigenvalue weighted by molar-refractivity contribution is 0.0988. The van der Waals surface area contributed by atoms with Gasteiger partial charge in [0.1, 0.15) is 0 Å². The molecule has 120 valence electrons.